The zero-order valence-corrected chi connectivity index (χ0v) is 12.7. The molecule has 0 radical (unpaired) electrons. The fourth-order valence-electron chi connectivity index (χ4n) is 2.24. The van der Waals surface area contributed by atoms with Crippen molar-refractivity contribution in [1.29, 1.82) is 0 Å². The summed E-state index contributed by atoms with van der Waals surface area (Å²) >= 11 is 0. The molecule has 0 saturated heterocycles. The summed E-state index contributed by atoms with van der Waals surface area (Å²) in [6.07, 6.45) is 1.50. The summed E-state index contributed by atoms with van der Waals surface area (Å²) in [7, 11) is 1.91. The van der Waals surface area contributed by atoms with Crippen LogP contribution in [0.5, 0.6) is 0 Å². The van der Waals surface area contributed by atoms with Gasteiger partial charge in [-0.05, 0) is 32.2 Å². The fraction of sp³-hybridized carbons (Fsp3) is 0.250. The first-order chi connectivity index (χ1) is 11.0. The molecular weight excluding hydrogens is 304 g/mol. The monoisotopic (exact) mass is 319 g/mol. The molecule has 0 bridgehead atoms. The van der Waals surface area contributed by atoms with E-state index in [9.17, 15) is 8.78 Å². The predicted octanol–water partition coefficient (Wildman–Crippen LogP) is 3.55. The molecule has 0 N–H and O–H groups in total. The second-order valence-electron chi connectivity index (χ2n) is 5.37. The first kappa shape index (κ1) is 15.4. The topological polar surface area (TPSA) is 55.3 Å². The maximum atomic E-state index is 13.3. The van der Waals surface area contributed by atoms with E-state index in [-0.39, 0.29) is 5.89 Å². The lowest BCUT2D eigenvalue weighted by atomic mass is 10.2. The largest absolute Gasteiger partial charge is 0.444 e. The number of oxazole rings is 1. The molecule has 0 fully saturated rings. The molecule has 23 heavy (non-hydrogen) atoms. The van der Waals surface area contributed by atoms with Crippen molar-refractivity contribution in [2.75, 3.05) is 7.05 Å². The molecule has 0 spiro atoms. The third-order valence-corrected chi connectivity index (χ3v) is 3.26. The van der Waals surface area contributed by atoms with Gasteiger partial charge < -0.3 is 8.94 Å². The Morgan fingerprint density at radius 1 is 1.09 bits per heavy atom. The third-order valence-electron chi connectivity index (χ3n) is 3.26. The normalized spacial score (nSPS) is 11.3. The highest BCUT2D eigenvalue weighted by molar-refractivity contribution is 5.53. The lowest BCUT2D eigenvalue weighted by Crippen LogP contribution is -2.17. The number of hydrogen-bond donors (Lipinski definition) is 0. The number of aryl methyl sites for hydroxylation is 1. The van der Waals surface area contributed by atoms with Crippen molar-refractivity contribution in [2.45, 2.75) is 20.0 Å². The number of halogens is 2. The lowest BCUT2D eigenvalue weighted by molar-refractivity contribution is 0.298. The van der Waals surface area contributed by atoms with Crippen LogP contribution in [-0.2, 0) is 13.1 Å². The molecule has 0 aliphatic heterocycles. The second-order valence-corrected chi connectivity index (χ2v) is 5.37. The molecule has 3 rings (SSSR count). The molecule has 2 aromatic heterocycles. The second kappa shape index (κ2) is 6.29. The minimum Gasteiger partial charge on any atom is -0.444 e. The Morgan fingerprint density at radius 3 is 2.57 bits per heavy atom. The SMILES string of the molecule is Cc1cc(CN(C)Cc2coc(-c3ccc(F)c(F)c3)n2)no1. The number of rotatable bonds is 5. The predicted molar refractivity (Wildman–Crippen MR) is 78.3 cm³/mol. The molecule has 0 aliphatic carbocycles. The average Bonchev–Trinajstić information content (AvgIpc) is 3.11. The van der Waals surface area contributed by atoms with Gasteiger partial charge in [0.1, 0.15) is 12.0 Å². The van der Waals surface area contributed by atoms with Gasteiger partial charge in [-0.25, -0.2) is 13.8 Å². The van der Waals surface area contributed by atoms with E-state index >= 15 is 0 Å². The third kappa shape index (κ3) is 3.62. The van der Waals surface area contributed by atoms with Crippen LogP contribution < -0.4 is 0 Å². The molecule has 0 amide bonds. The highest BCUT2D eigenvalue weighted by Gasteiger charge is 2.12. The molecule has 0 aliphatic rings. The van der Waals surface area contributed by atoms with Crippen LogP contribution in [0.25, 0.3) is 11.5 Å². The van der Waals surface area contributed by atoms with Crippen LogP contribution in [0.1, 0.15) is 17.1 Å². The van der Waals surface area contributed by atoms with E-state index in [0.29, 0.717) is 24.3 Å². The standard InChI is InChI=1S/C16H15F2N3O2/c1-10-5-12(20-23-10)7-21(2)8-13-9-22-16(19-13)11-3-4-14(17)15(18)6-11/h3-6,9H,7-8H2,1-2H3. The van der Waals surface area contributed by atoms with E-state index in [4.69, 9.17) is 8.94 Å². The Kier molecular flexibility index (Phi) is 4.20. The first-order valence-corrected chi connectivity index (χ1v) is 7.02. The summed E-state index contributed by atoms with van der Waals surface area (Å²) in [5.74, 6) is -0.816. The Labute approximate surface area is 131 Å². The van der Waals surface area contributed by atoms with Crippen molar-refractivity contribution in [2.24, 2.45) is 0 Å². The zero-order valence-electron chi connectivity index (χ0n) is 12.7. The molecule has 5 nitrogen and oxygen atoms in total. The van der Waals surface area contributed by atoms with Crippen LogP contribution >= 0.6 is 0 Å². The molecule has 3 aromatic rings. The summed E-state index contributed by atoms with van der Waals surface area (Å²) < 4.78 is 36.6. The van der Waals surface area contributed by atoms with E-state index in [0.717, 1.165) is 23.6 Å². The number of hydrogen-bond acceptors (Lipinski definition) is 5. The number of benzene rings is 1. The minimum absolute atomic E-state index is 0.254. The van der Waals surface area contributed by atoms with Gasteiger partial charge in [0.25, 0.3) is 0 Å². The van der Waals surface area contributed by atoms with Gasteiger partial charge in [0.2, 0.25) is 5.89 Å². The zero-order chi connectivity index (χ0) is 16.4. The van der Waals surface area contributed by atoms with Crippen molar-refractivity contribution in [1.82, 2.24) is 15.0 Å². The lowest BCUT2D eigenvalue weighted by Gasteiger charge is -2.12. The van der Waals surface area contributed by atoms with Crippen molar-refractivity contribution in [3.05, 3.63) is 59.3 Å². The number of aromatic nitrogens is 2. The molecule has 7 heteroatoms. The molecule has 1 aromatic carbocycles. The van der Waals surface area contributed by atoms with E-state index < -0.39 is 11.6 Å². The van der Waals surface area contributed by atoms with Crippen LogP contribution in [0, 0.1) is 18.6 Å². The Balaban J connectivity index is 1.67. The van der Waals surface area contributed by atoms with E-state index in [1.54, 1.807) is 0 Å². The Bertz CT molecular complexity index is 813. The molecule has 0 saturated carbocycles. The average molecular weight is 319 g/mol. The molecule has 0 atom stereocenters. The maximum absolute atomic E-state index is 13.3. The van der Waals surface area contributed by atoms with Gasteiger partial charge in [-0.15, -0.1) is 0 Å². The maximum Gasteiger partial charge on any atom is 0.226 e. The molecular formula is C16H15F2N3O2. The highest BCUT2D eigenvalue weighted by Crippen LogP contribution is 2.21. The molecule has 0 unspecified atom stereocenters. The van der Waals surface area contributed by atoms with E-state index in [1.165, 1.54) is 12.3 Å². The van der Waals surface area contributed by atoms with Gasteiger partial charge in [0.15, 0.2) is 11.6 Å². The van der Waals surface area contributed by atoms with Crippen LogP contribution in [-0.4, -0.2) is 22.1 Å². The van der Waals surface area contributed by atoms with Crippen molar-refractivity contribution < 1.29 is 17.7 Å². The summed E-state index contributed by atoms with van der Waals surface area (Å²) in [6, 6.07) is 5.41. The summed E-state index contributed by atoms with van der Waals surface area (Å²) in [5, 5.41) is 3.93. The van der Waals surface area contributed by atoms with Crippen molar-refractivity contribution in [3.8, 4) is 11.5 Å². The summed E-state index contributed by atoms with van der Waals surface area (Å²) in [6.45, 7) is 2.96. The van der Waals surface area contributed by atoms with Gasteiger partial charge in [-0.2, -0.15) is 0 Å². The van der Waals surface area contributed by atoms with Crippen LogP contribution in [0.2, 0.25) is 0 Å². The fourth-order valence-corrected chi connectivity index (χ4v) is 2.24. The Hall–Kier alpha value is -2.54. The molecule has 120 valence electrons. The molecule has 2 heterocycles. The van der Waals surface area contributed by atoms with E-state index in [2.05, 4.69) is 10.1 Å². The van der Waals surface area contributed by atoms with Crippen LogP contribution in [0.3, 0.4) is 0 Å². The van der Waals surface area contributed by atoms with Gasteiger partial charge in [-0.3, -0.25) is 4.90 Å². The van der Waals surface area contributed by atoms with E-state index in [1.807, 2.05) is 24.9 Å². The van der Waals surface area contributed by atoms with Crippen molar-refractivity contribution in [3.63, 3.8) is 0 Å². The first-order valence-electron chi connectivity index (χ1n) is 7.02. The number of nitrogens with zero attached hydrogens (tertiary/aromatic N) is 3. The van der Waals surface area contributed by atoms with Gasteiger partial charge in [0, 0.05) is 24.7 Å². The Morgan fingerprint density at radius 2 is 1.87 bits per heavy atom. The minimum atomic E-state index is -0.930. The van der Waals surface area contributed by atoms with Crippen molar-refractivity contribution >= 4 is 0 Å². The van der Waals surface area contributed by atoms with Gasteiger partial charge >= 0.3 is 0 Å². The summed E-state index contributed by atoms with van der Waals surface area (Å²) in [4.78, 5) is 6.29. The quantitative estimate of drug-likeness (QED) is 0.720. The van der Waals surface area contributed by atoms with Gasteiger partial charge in [-0.1, -0.05) is 5.16 Å². The van der Waals surface area contributed by atoms with Crippen LogP contribution in [0.4, 0.5) is 8.78 Å². The summed E-state index contributed by atoms with van der Waals surface area (Å²) in [5.41, 5.74) is 1.91. The highest BCUT2D eigenvalue weighted by atomic mass is 19.2. The smallest absolute Gasteiger partial charge is 0.226 e. The van der Waals surface area contributed by atoms with Gasteiger partial charge in [0.05, 0.1) is 11.4 Å². The van der Waals surface area contributed by atoms with Crippen LogP contribution in [0.15, 0.2) is 39.5 Å².